The summed E-state index contributed by atoms with van der Waals surface area (Å²) in [6.07, 6.45) is 1.66. The maximum Gasteiger partial charge on any atom is 0.310 e. The van der Waals surface area contributed by atoms with Crippen molar-refractivity contribution in [2.24, 2.45) is 5.92 Å². The van der Waals surface area contributed by atoms with Gasteiger partial charge in [-0.05, 0) is 12.1 Å². The van der Waals surface area contributed by atoms with E-state index < -0.39 is 0 Å². The van der Waals surface area contributed by atoms with Crippen LogP contribution in [0.4, 0.5) is 0 Å². The Bertz CT molecular complexity index is 397. The van der Waals surface area contributed by atoms with Crippen LogP contribution in [0.2, 0.25) is 5.02 Å². The van der Waals surface area contributed by atoms with Crippen molar-refractivity contribution in [3.63, 3.8) is 0 Å². The molecule has 0 saturated carbocycles. The largest absolute Gasteiger partial charge is 0.469 e. The second-order valence-electron chi connectivity index (χ2n) is 3.79. The van der Waals surface area contributed by atoms with Gasteiger partial charge in [0.25, 0.3) is 0 Å². The summed E-state index contributed by atoms with van der Waals surface area (Å²) in [4.78, 5) is 15.8. The van der Waals surface area contributed by atoms with E-state index in [0.717, 1.165) is 12.2 Å². The molecule has 0 spiro atoms. The van der Waals surface area contributed by atoms with E-state index in [1.165, 1.54) is 7.11 Å². The minimum absolute atomic E-state index is 0.0474. The Labute approximate surface area is 99.0 Å². The zero-order chi connectivity index (χ0) is 11.5. The van der Waals surface area contributed by atoms with E-state index in [0.29, 0.717) is 11.6 Å². The Morgan fingerprint density at radius 3 is 3.12 bits per heavy atom. The van der Waals surface area contributed by atoms with E-state index >= 15 is 0 Å². The van der Waals surface area contributed by atoms with Gasteiger partial charge >= 0.3 is 5.97 Å². The third kappa shape index (κ3) is 2.18. The van der Waals surface area contributed by atoms with Crippen LogP contribution in [0.1, 0.15) is 11.6 Å². The van der Waals surface area contributed by atoms with E-state index in [2.05, 4.69) is 10.3 Å². The molecule has 16 heavy (non-hydrogen) atoms. The number of hydrogen-bond acceptors (Lipinski definition) is 4. The van der Waals surface area contributed by atoms with Crippen LogP contribution in [0.3, 0.4) is 0 Å². The monoisotopic (exact) mass is 240 g/mol. The molecular formula is C11H13ClN2O2. The number of pyridine rings is 1. The highest BCUT2D eigenvalue weighted by molar-refractivity contribution is 6.30. The van der Waals surface area contributed by atoms with Crippen molar-refractivity contribution in [1.29, 1.82) is 0 Å². The molecule has 2 atom stereocenters. The molecule has 86 valence electrons. The van der Waals surface area contributed by atoms with Gasteiger partial charge in [0.1, 0.15) is 0 Å². The first-order valence-corrected chi connectivity index (χ1v) is 5.50. The van der Waals surface area contributed by atoms with E-state index in [4.69, 9.17) is 16.3 Å². The first-order valence-electron chi connectivity index (χ1n) is 5.12. The van der Waals surface area contributed by atoms with Crippen molar-refractivity contribution in [2.45, 2.75) is 5.92 Å². The number of ether oxygens (including phenoxy) is 1. The Balaban J connectivity index is 2.23. The van der Waals surface area contributed by atoms with Crippen molar-refractivity contribution < 1.29 is 9.53 Å². The van der Waals surface area contributed by atoms with Crippen molar-refractivity contribution >= 4 is 17.6 Å². The lowest BCUT2D eigenvalue weighted by Crippen LogP contribution is -2.23. The van der Waals surface area contributed by atoms with Crippen LogP contribution < -0.4 is 5.32 Å². The number of aromatic nitrogens is 1. The number of esters is 1. The van der Waals surface area contributed by atoms with Gasteiger partial charge in [0.2, 0.25) is 0 Å². The number of methoxy groups -OCH3 is 1. The molecule has 4 nitrogen and oxygen atoms in total. The molecule has 2 rings (SSSR count). The molecule has 1 N–H and O–H groups in total. The van der Waals surface area contributed by atoms with E-state index in [-0.39, 0.29) is 17.8 Å². The molecular weight excluding hydrogens is 228 g/mol. The van der Waals surface area contributed by atoms with Gasteiger partial charge in [-0.15, -0.1) is 0 Å². The number of carbonyl (C=O) groups is 1. The van der Waals surface area contributed by atoms with Crippen LogP contribution in [-0.2, 0) is 9.53 Å². The van der Waals surface area contributed by atoms with Crippen molar-refractivity contribution in [1.82, 2.24) is 10.3 Å². The van der Waals surface area contributed by atoms with E-state index in [9.17, 15) is 4.79 Å². The zero-order valence-electron chi connectivity index (χ0n) is 8.94. The van der Waals surface area contributed by atoms with Crippen molar-refractivity contribution in [3.05, 3.63) is 29.0 Å². The standard InChI is InChI=1S/C11H13ClN2O2/c1-16-11(15)9-6-13-5-8(9)10-4-7(12)2-3-14-10/h2-4,8-9,13H,5-6H2,1H3. The number of nitrogens with zero attached hydrogens (tertiary/aromatic N) is 1. The van der Waals surface area contributed by atoms with Gasteiger partial charge in [-0.2, -0.15) is 0 Å². The Morgan fingerprint density at radius 2 is 2.44 bits per heavy atom. The molecule has 0 radical (unpaired) electrons. The van der Waals surface area contributed by atoms with Gasteiger partial charge in [-0.1, -0.05) is 11.6 Å². The van der Waals surface area contributed by atoms with Gasteiger partial charge in [0.05, 0.1) is 13.0 Å². The van der Waals surface area contributed by atoms with E-state index in [1.54, 1.807) is 18.3 Å². The number of rotatable bonds is 2. The third-order valence-corrected chi connectivity index (χ3v) is 3.08. The summed E-state index contributed by atoms with van der Waals surface area (Å²) in [6, 6.07) is 3.52. The lowest BCUT2D eigenvalue weighted by atomic mass is 9.92. The highest BCUT2D eigenvalue weighted by Gasteiger charge is 2.35. The number of nitrogens with one attached hydrogen (secondary N) is 1. The fourth-order valence-corrected chi connectivity index (χ4v) is 2.18. The lowest BCUT2D eigenvalue weighted by molar-refractivity contribution is -0.145. The number of halogens is 1. The topological polar surface area (TPSA) is 51.2 Å². The first kappa shape index (κ1) is 11.4. The third-order valence-electron chi connectivity index (χ3n) is 2.84. The second kappa shape index (κ2) is 4.80. The van der Waals surface area contributed by atoms with Gasteiger partial charge in [-0.3, -0.25) is 9.78 Å². The number of hydrogen-bond donors (Lipinski definition) is 1. The first-order chi connectivity index (χ1) is 7.72. The fraction of sp³-hybridized carbons (Fsp3) is 0.455. The molecule has 1 aliphatic heterocycles. The van der Waals surface area contributed by atoms with Gasteiger partial charge in [0.15, 0.2) is 0 Å². The normalized spacial score (nSPS) is 24.4. The van der Waals surface area contributed by atoms with Crippen LogP contribution in [0, 0.1) is 5.92 Å². The summed E-state index contributed by atoms with van der Waals surface area (Å²) in [5.41, 5.74) is 0.841. The second-order valence-corrected chi connectivity index (χ2v) is 4.23. The summed E-state index contributed by atoms with van der Waals surface area (Å²) in [5.74, 6) is -0.320. The molecule has 5 heteroatoms. The van der Waals surface area contributed by atoms with Gasteiger partial charge in [-0.25, -0.2) is 0 Å². The molecule has 0 bridgehead atoms. The zero-order valence-corrected chi connectivity index (χ0v) is 9.70. The lowest BCUT2D eigenvalue weighted by Gasteiger charge is -2.15. The quantitative estimate of drug-likeness (QED) is 0.790. The van der Waals surface area contributed by atoms with Crippen LogP contribution in [0.15, 0.2) is 18.3 Å². The minimum atomic E-state index is -0.197. The average molecular weight is 241 g/mol. The highest BCUT2D eigenvalue weighted by atomic mass is 35.5. The van der Waals surface area contributed by atoms with E-state index in [1.807, 2.05) is 0 Å². The summed E-state index contributed by atoms with van der Waals surface area (Å²) in [7, 11) is 1.41. The maximum atomic E-state index is 11.6. The predicted octanol–water partition coefficient (Wildman–Crippen LogP) is 1.21. The Morgan fingerprint density at radius 1 is 1.62 bits per heavy atom. The Kier molecular flexibility index (Phi) is 3.41. The molecule has 1 aromatic heterocycles. The molecule has 1 fully saturated rings. The maximum absolute atomic E-state index is 11.6. The molecule has 1 aliphatic rings. The smallest absolute Gasteiger partial charge is 0.310 e. The summed E-state index contributed by atoms with van der Waals surface area (Å²) in [5, 5.41) is 3.81. The summed E-state index contributed by atoms with van der Waals surface area (Å²) >= 11 is 5.91. The summed E-state index contributed by atoms with van der Waals surface area (Å²) < 4.78 is 4.78. The van der Waals surface area contributed by atoms with Gasteiger partial charge < -0.3 is 10.1 Å². The van der Waals surface area contributed by atoms with Gasteiger partial charge in [0, 0.05) is 35.9 Å². The SMILES string of the molecule is COC(=O)C1CNCC1c1cc(Cl)ccn1. The average Bonchev–Trinajstić information content (AvgIpc) is 2.77. The molecule has 2 heterocycles. The molecule has 0 aliphatic carbocycles. The molecule has 2 unspecified atom stereocenters. The number of carbonyl (C=O) groups excluding carboxylic acids is 1. The highest BCUT2D eigenvalue weighted by Crippen LogP contribution is 2.28. The molecule has 1 aromatic rings. The van der Waals surface area contributed by atoms with Crippen LogP contribution in [-0.4, -0.2) is 31.2 Å². The molecule has 0 amide bonds. The van der Waals surface area contributed by atoms with Crippen molar-refractivity contribution in [3.8, 4) is 0 Å². The summed E-state index contributed by atoms with van der Waals surface area (Å²) in [6.45, 7) is 1.36. The van der Waals surface area contributed by atoms with Crippen LogP contribution in [0.25, 0.3) is 0 Å². The van der Waals surface area contributed by atoms with Crippen LogP contribution in [0.5, 0.6) is 0 Å². The predicted molar refractivity (Wildman–Crippen MR) is 60.4 cm³/mol. The minimum Gasteiger partial charge on any atom is -0.469 e. The molecule has 1 saturated heterocycles. The van der Waals surface area contributed by atoms with Crippen molar-refractivity contribution in [2.75, 3.05) is 20.2 Å². The fourth-order valence-electron chi connectivity index (χ4n) is 2.01. The molecule has 0 aromatic carbocycles. The van der Waals surface area contributed by atoms with Crippen LogP contribution >= 0.6 is 11.6 Å². The Hall–Kier alpha value is -1.13.